The molecule has 3 nitrogen and oxygen atoms in total. The van der Waals surface area contributed by atoms with Crippen molar-refractivity contribution in [2.24, 2.45) is 0 Å². The Labute approximate surface area is 132 Å². The van der Waals surface area contributed by atoms with Gasteiger partial charge in [-0.15, -0.1) is 0 Å². The molecule has 0 saturated carbocycles. The van der Waals surface area contributed by atoms with Crippen LogP contribution in [0, 0.1) is 11.3 Å². The van der Waals surface area contributed by atoms with Gasteiger partial charge in [-0.3, -0.25) is 0 Å². The Bertz CT molecular complexity index is 718. The SMILES string of the molecule is N#Cc1cc(Br)cc(NC2CCCc3cc(N)ccc32)c1. The second-order valence-corrected chi connectivity index (χ2v) is 6.30. The van der Waals surface area contributed by atoms with E-state index in [0.717, 1.165) is 35.1 Å². The molecule has 0 aromatic heterocycles. The molecular weight excluding hydrogens is 326 g/mol. The van der Waals surface area contributed by atoms with Crippen molar-refractivity contribution in [1.29, 1.82) is 5.26 Å². The van der Waals surface area contributed by atoms with Crippen LogP contribution in [0.2, 0.25) is 0 Å². The van der Waals surface area contributed by atoms with E-state index in [2.05, 4.69) is 39.4 Å². The molecule has 0 fully saturated rings. The summed E-state index contributed by atoms with van der Waals surface area (Å²) in [4.78, 5) is 0. The van der Waals surface area contributed by atoms with Crippen LogP contribution < -0.4 is 11.1 Å². The molecule has 0 spiro atoms. The average molecular weight is 342 g/mol. The highest BCUT2D eigenvalue weighted by Crippen LogP contribution is 2.34. The Morgan fingerprint density at radius 2 is 2.10 bits per heavy atom. The van der Waals surface area contributed by atoms with Crippen LogP contribution in [0.4, 0.5) is 11.4 Å². The van der Waals surface area contributed by atoms with Gasteiger partial charge < -0.3 is 11.1 Å². The molecule has 3 N–H and O–H groups in total. The van der Waals surface area contributed by atoms with Crippen molar-refractivity contribution < 1.29 is 0 Å². The third-order valence-electron chi connectivity index (χ3n) is 3.85. The number of rotatable bonds is 2. The fourth-order valence-electron chi connectivity index (χ4n) is 2.92. The van der Waals surface area contributed by atoms with Crippen molar-refractivity contribution in [2.75, 3.05) is 11.1 Å². The van der Waals surface area contributed by atoms with E-state index in [9.17, 15) is 0 Å². The van der Waals surface area contributed by atoms with Crippen LogP contribution in [0.15, 0.2) is 40.9 Å². The molecule has 0 heterocycles. The van der Waals surface area contributed by atoms with Crippen LogP contribution in [-0.4, -0.2) is 0 Å². The maximum absolute atomic E-state index is 9.07. The fraction of sp³-hybridized carbons (Fsp3) is 0.235. The number of benzene rings is 2. The van der Waals surface area contributed by atoms with Crippen molar-refractivity contribution in [1.82, 2.24) is 0 Å². The average Bonchev–Trinajstić information content (AvgIpc) is 2.46. The largest absolute Gasteiger partial charge is 0.399 e. The van der Waals surface area contributed by atoms with Gasteiger partial charge in [-0.25, -0.2) is 0 Å². The lowest BCUT2D eigenvalue weighted by Gasteiger charge is -2.27. The van der Waals surface area contributed by atoms with Gasteiger partial charge >= 0.3 is 0 Å². The van der Waals surface area contributed by atoms with Crippen molar-refractivity contribution in [3.63, 3.8) is 0 Å². The van der Waals surface area contributed by atoms with Crippen molar-refractivity contribution in [3.8, 4) is 6.07 Å². The molecule has 2 aromatic rings. The summed E-state index contributed by atoms with van der Waals surface area (Å²) in [5, 5.41) is 12.6. The highest BCUT2D eigenvalue weighted by Gasteiger charge is 2.20. The smallest absolute Gasteiger partial charge is 0.0992 e. The van der Waals surface area contributed by atoms with Gasteiger partial charge in [0, 0.05) is 15.8 Å². The molecule has 1 aliphatic rings. The number of hydrogen-bond donors (Lipinski definition) is 2. The summed E-state index contributed by atoms with van der Waals surface area (Å²) in [5.74, 6) is 0. The number of nitrogens with one attached hydrogen (secondary N) is 1. The topological polar surface area (TPSA) is 61.8 Å². The Morgan fingerprint density at radius 3 is 2.90 bits per heavy atom. The normalized spacial score (nSPS) is 16.9. The van der Waals surface area contributed by atoms with Crippen molar-refractivity contribution in [2.45, 2.75) is 25.3 Å². The summed E-state index contributed by atoms with van der Waals surface area (Å²) >= 11 is 3.45. The summed E-state index contributed by atoms with van der Waals surface area (Å²) in [5.41, 5.74) is 11.0. The minimum atomic E-state index is 0.273. The first-order valence-corrected chi connectivity index (χ1v) is 7.80. The minimum absolute atomic E-state index is 0.273. The highest BCUT2D eigenvalue weighted by molar-refractivity contribution is 9.10. The summed E-state index contributed by atoms with van der Waals surface area (Å²) in [6, 6.07) is 14.3. The van der Waals surface area contributed by atoms with Crippen molar-refractivity contribution in [3.05, 3.63) is 57.6 Å². The molecule has 0 bridgehead atoms. The third-order valence-corrected chi connectivity index (χ3v) is 4.31. The number of aryl methyl sites for hydroxylation is 1. The highest BCUT2D eigenvalue weighted by atomic mass is 79.9. The van der Waals surface area contributed by atoms with Crippen LogP contribution >= 0.6 is 15.9 Å². The van der Waals surface area contributed by atoms with Crippen LogP contribution in [0.1, 0.15) is 35.6 Å². The number of nitriles is 1. The molecule has 106 valence electrons. The Balaban J connectivity index is 1.90. The van der Waals surface area contributed by atoms with Crippen LogP contribution in [-0.2, 0) is 6.42 Å². The molecule has 21 heavy (non-hydrogen) atoms. The molecule has 1 atom stereocenters. The molecule has 0 saturated heterocycles. The lowest BCUT2D eigenvalue weighted by molar-refractivity contribution is 0.600. The van der Waals surface area contributed by atoms with E-state index in [4.69, 9.17) is 11.0 Å². The summed E-state index contributed by atoms with van der Waals surface area (Å²) in [6.07, 6.45) is 3.32. The number of nitrogens with zero attached hydrogens (tertiary/aromatic N) is 1. The van der Waals surface area contributed by atoms with Crippen LogP contribution in [0.5, 0.6) is 0 Å². The molecule has 2 aromatic carbocycles. The van der Waals surface area contributed by atoms with Crippen LogP contribution in [0.25, 0.3) is 0 Å². The zero-order valence-electron chi connectivity index (χ0n) is 11.6. The summed E-state index contributed by atoms with van der Waals surface area (Å²) in [6.45, 7) is 0. The number of fused-ring (bicyclic) bond motifs is 1. The Kier molecular flexibility index (Phi) is 3.85. The zero-order valence-corrected chi connectivity index (χ0v) is 13.2. The van der Waals surface area contributed by atoms with Gasteiger partial charge in [-0.05, 0) is 60.7 Å². The van der Waals surface area contributed by atoms with E-state index in [0.29, 0.717) is 5.56 Å². The summed E-state index contributed by atoms with van der Waals surface area (Å²) < 4.78 is 0.914. The van der Waals surface area contributed by atoms with Gasteiger partial charge in [0.25, 0.3) is 0 Å². The van der Waals surface area contributed by atoms with E-state index in [1.54, 1.807) is 0 Å². The molecule has 0 amide bonds. The molecule has 1 unspecified atom stereocenters. The quantitative estimate of drug-likeness (QED) is 0.796. The molecule has 0 aliphatic heterocycles. The van der Waals surface area contributed by atoms with Crippen molar-refractivity contribution >= 4 is 27.3 Å². The standard InChI is InChI=1S/C17H16BrN3/c18-13-6-11(10-19)7-15(9-13)21-17-3-1-2-12-8-14(20)4-5-16(12)17/h4-9,17,21H,1-3,20H2. The predicted octanol–water partition coefficient (Wildman–Crippen LogP) is 4.39. The van der Waals surface area contributed by atoms with Gasteiger partial charge in [0.15, 0.2) is 0 Å². The first kappa shape index (κ1) is 14.0. The second-order valence-electron chi connectivity index (χ2n) is 5.39. The number of anilines is 2. The maximum atomic E-state index is 9.07. The van der Waals surface area contributed by atoms with E-state index < -0.39 is 0 Å². The van der Waals surface area contributed by atoms with Gasteiger partial charge in [-0.1, -0.05) is 22.0 Å². The molecule has 3 rings (SSSR count). The zero-order chi connectivity index (χ0) is 14.8. The number of halogens is 1. The predicted molar refractivity (Wildman–Crippen MR) is 89.0 cm³/mol. The monoisotopic (exact) mass is 341 g/mol. The first-order valence-electron chi connectivity index (χ1n) is 7.01. The minimum Gasteiger partial charge on any atom is -0.399 e. The molecule has 0 radical (unpaired) electrons. The van der Waals surface area contributed by atoms with E-state index in [-0.39, 0.29) is 6.04 Å². The van der Waals surface area contributed by atoms with Gasteiger partial charge in [0.05, 0.1) is 17.7 Å². The lowest BCUT2D eigenvalue weighted by Crippen LogP contribution is -2.17. The van der Waals surface area contributed by atoms with Gasteiger partial charge in [0.2, 0.25) is 0 Å². The second kappa shape index (κ2) is 5.79. The lowest BCUT2D eigenvalue weighted by atomic mass is 9.87. The van der Waals surface area contributed by atoms with Gasteiger partial charge in [0.1, 0.15) is 0 Å². The summed E-state index contributed by atoms with van der Waals surface area (Å²) in [7, 11) is 0. The van der Waals surface area contributed by atoms with Gasteiger partial charge in [-0.2, -0.15) is 5.26 Å². The molecular formula is C17H16BrN3. The molecule has 1 aliphatic carbocycles. The van der Waals surface area contributed by atoms with Crippen LogP contribution in [0.3, 0.4) is 0 Å². The van der Waals surface area contributed by atoms with E-state index in [1.165, 1.54) is 11.1 Å². The first-order chi connectivity index (χ1) is 10.2. The van der Waals surface area contributed by atoms with E-state index in [1.807, 2.05) is 24.3 Å². The third kappa shape index (κ3) is 3.03. The van der Waals surface area contributed by atoms with E-state index >= 15 is 0 Å². The number of nitrogen functional groups attached to an aromatic ring is 1. The molecule has 4 heteroatoms. The maximum Gasteiger partial charge on any atom is 0.0992 e. The fourth-order valence-corrected chi connectivity index (χ4v) is 3.42. The Hall–Kier alpha value is -1.99. The Morgan fingerprint density at radius 1 is 1.24 bits per heavy atom. The number of hydrogen-bond acceptors (Lipinski definition) is 3. The number of nitrogens with two attached hydrogens (primary N) is 1.